The van der Waals surface area contributed by atoms with Gasteiger partial charge in [0.25, 0.3) is 0 Å². The molecule has 3 rings (SSSR count). The Bertz CT molecular complexity index is 818. The van der Waals surface area contributed by atoms with Crippen molar-refractivity contribution in [3.63, 3.8) is 0 Å². The van der Waals surface area contributed by atoms with Crippen LogP contribution in [0, 0.1) is 0 Å². The van der Waals surface area contributed by atoms with E-state index < -0.39 is 0 Å². The van der Waals surface area contributed by atoms with Crippen molar-refractivity contribution in [1.82, 2.24) is 20.2 Å². The Morgan fingerprint density at radius 1 is 1.05 bits per heavy atom. The number of anilines is 1. The van der Waals surface area contributed by atoms with Crippen LogP contribution in [0.3, 0.4) is 0 Å². The van der Waals surface area contributed by atoms with E-state index >= 15 is 0 Å². The second-order valence-corrected chi connectivity index (χ2v) is 6.39. The van der Waals surface area contributed by atoms with Crippen LogP contribution in [0.25, 0.3) is 17.1 Å². The zero-order chi connectivity index (χ0) is 15.0. The number of nitrogens with two attached hydrogens (primary N) is 1. The highest BCUT2D eigenvalue weighted by molar-refractivity contribution is 9.11. The number of aromatic nitrogens is 4. The maximum atomic E-state index is 5.96. The van der Waals surface area contributed by atoms with Gasteiger partial charge in [0.1, 0.15) is 0 Å². The van der Waals surface area contributed by atoms with E-state index in [4.69, 9.17) is 17.3 Å². The average molecular weight is 430 g/mol. The maximum Gasteiger partial charge on any atom is 0.187 e. The van der Waals surface area contributed by atoms with Crippen molar-refractivity contribution in [3.05, 3.63) is 50.4 Å². The first kappa shape index (κ1) is 14.5. The summed E-state index contributed by atoms with van der Waals surface area (Å²) in [4.78, 5) is 0. The molecular weight excluding hydrogens is 421 g/mol. The molecule has 0 aliphatic heterocycles. The smallest absolute Gasteiger partial charge is 0.187 e. The topological polar surface area (TPSA) is 69.6 Å². The van der Waals surface area contributed by atoms with Crippen LogP contribution in [0.2, 0.25) is 5.02 Å². The van der Waals surface area contributed by atoms with Gasteiger partial charge in [0.2, 0.25) is 0 Å². The minimum atomic E-state index is 0.595. The molecular formula is C13H8Br2ClN5. The zero-order valence-corrected chi connectivity index (χ0v) is 14.4. The molecule has 0 aliphatic rings. The largest absolute Gasteiger partial charge is 0.398 e. The van der Waals surface area contributed by atoms with Gasteiger partial charge < -0.3 is 5.73 Å². The number of tetrazole rings is 1. The summed E-state index contributed by atoms with van der Waals surface area (Å²) in [7, 11) is 0. The third-order valence-electron chi connectivity index (χ3n) is 2.86. The van der Waals surface area contributed by atoms with Gasteiger partial charge in [-0.2, -0.15) is 4.68 Å². The Morgan fingerprint density at radius 2 is 1.86 bits per heavy atom. The first-order valence-corrected chi connectivity index (χ1v) is 7.82. The summed E-state index contributed by atoms with van der Waals surface area (Å²) < 4.78 is 3.26. The number of hydrogen-bond acceptors (Lipinski definition) is 4. The van der Waals surface area contributed by atoms with Crippen LogP contribution in [-0.4, -0.2) is 20.2 Å². The number of rotatable bonds is 2. The predicted octanol–water partition coefficient (Wildman–Crippen LogP) is 4.09. The van der Waals surface area contributed by atoms with Crippen molar-refractivity contribution in [2.45, 2.75) is 0 Å². The van der Waals surface area contributed by atoms with Gasteiger partial charge >= 0.3 is 0 Å². The van der Waals surface area contributed by atoms with Gasteiger partial charge in [-0.3, -0.25) is 0 Å². The van der Waals surface area contributed by atoms with E-state index in [1.165, 1.54) is 0 Å². The van der Waals surface area contributed by atoms with Crippen LogP contribution in [0.5, 0.6) is 0 Å². The number of halogens is 3. The Balaban J connectivity index is 2.14. The summed E-state index contributed by atoms with van der Waals surface area (Å²) in [6, 6.07) is 11.0. The van der Waals surface area contributed by atoms with Gasteiger partial charge in [0.15, 0.2) is 5.82 Å². The van der Waals surface area contributed by atoms with E-state index in [1.54, 1.807) is 16.8 Å². The van der Waals surface area contributed by atoms with Crippen molar-refractivity contribution < 1.29 is 0 Å². The Hall–Kier alpha value is -1.44. The molecule has 1 heterocycles. The lowest BCUT2D eigenvalue weighted by atomic mass is 10.2. The van der Waals surface area contributed by atoms with Crippen molar-refractivity contribution in [3.8, 4) is 17.1 Å². The van der Waals surface area contributed by atoms with Crippen LogP contribution in [0.15, 0.2) is 45.3 Å². The fraction of sp³-hybridized carbons (Fsp3) is 0. The van der Waals surface area contributed by atoms with Crippen molar-refractivity contribution in [1.29, 1.82) is 0 Å². The SMILES string of the molecule is Nc1cc(-c2nnnn2-c2ccc(Cl)cc2Br)ccc1Br. The van der Waals surface area contributed by atoms with Gasteiger partial charge in [-0.05, 0) is 78.7 Å². The number of benzene rings is 2. The second kappa shape index (κ2) is 5.75. The molecule has 0 saturated heterocycles. The molecule has 106 valence electrons. The minimum absolute atomic E-state index is 0.595. The van der Waals surface area contributed by atoms with Gasteiger partial charge in [0, 0.05) is 25.2 Å². The zero-order valence-electron chi connectivity index (χ0n) is 10.5. The maximum absolute atomic E-state index is 5.96. The molecule has 21 heavy (non-hydrogen) atoms. The third-order valence-corrected chi connectivity index (χ3v) is 4.45. The van der Waals surface area contributed by atoms with Crippen LogP contribution >= 0.6 is 43.5 Å². The highest BCUT2D eigenvalue weighted by atomic mass is 79.9. The molecule has 0 spiro atoms. The highest BCUT2D eigenvalue weighted by Gasteiger charge is 2.14. The second-order valence-electron chi connectivity index (χ2n) is 4.25. The van der Waals surface area contributed by atoms with Crippen molar-refractivity contribution in [2.75, 3.05) is 5.73 Å². The fourth-order valence-electron chi connectivity index (χ4n) is 1.87. The van der Waals surface area contributed by atoms with Crippen LogP contribution in [0.4, 0.5) is 5.69 Å². The van der Waals surface area contributed by atoms with E-state index in [0.29, 0.717) is 16.5 Å². The molecule has 0 radical (unpaired) electrons. The van der Waals surface area contributed by atoms with Gasteiger partial charge in [-0.15, -0.1) is 5.10 Å². The van der Waals surface area contributed by atoms with E-state index in [9.17, 15) is 0 Å². The normalized spacial score (nSPS) is 10.8. The van der Waals surface area contributed by atoms with Crippen LogP contribution < -0.4 is 5.73 Å². The van der Waals surface area contributed by atoms with Crippen LogP contribution in [0.1, 0.15) is 0 Å². The molecule has 1 aromatic heterocycles. The molecule has 0 fully saturated rings. The molecule has 0 amide bonds. The monoisotopic (exact) mass is 427 g/mol. The van der Waals surface area contributed by atoms with E-state index in [2.05, 4.69) is 47.4 Å². The molecule has 0 atom stereocenters. The first-order valence-electron chi connectivity index (χ1n) is 5.85. The summed E-state index contributed by atoms with van der Waals surface area (Å²) in [6.07, 6.45) is 0. The fourth-order valence-corrected chi connectivity index (χ4v) is 2.96. The molecule has 8 heteroatoms. The van der Waals surface area contributed by atoms with E-state index in [1.807, 2.05) is 24.3 Å². The summed E-state index contributed by atoms with van der Waals surface area (Å²) in [5, 5.41) is 12.5. The summed E-state index contributed by atoms with van der Waals surface area (Å²) >= 11 is 12.8. The number of nitrogen functional groups attached to an aromatic ring is 1. The number of hydrogen-bond donors (Lipinski definition) is 1. The van der Waals surface area contributed by atoms with Gasteiger partial charge in [-0.1, -0.05) is 11.6 Å². The molecule has 2 aromatic carbocycles. The predicted molar refractivity (Wildman–Crippen MR) is 89.4 cm³/mol. The standard InChI is InChI=1S/C13H8Br2ClN5/c14-9-3-1-7(5-11(9)17)13-18-19-20-21(13)12-4-2-8(16)6-10(12)15/h1-6H,17H2. The Morgan fingerprint density at radius 3 is 2.57 bits per heavy atom. The molecule has 0 unspecified atom stereocenters. The van der Waals surface area contributed by atoms with E-state index in [0.717, 1.165) is 20.2 Å². The van der Waals surface area contributed by atoms with Crippen LogP contribution in [-0.2, 0) is 0 Å². The lowest BCUT2D eigenvalue weighted by molar-refractivity contribution is 0.789. The van der Waals surface area contributed by atoms with Crippen molar-refractivity contribution >= 4 is 49.1 Å². The lowest BCUT2D eigenvalue weighted by Gasteiger charge is -2.08. The first-order chi connectivity index (χ1) is 10.1. The number of nitrogens with zero attached hydrogens (tertiary/aromatic N) is 4. The summed E-state index contributed by atoms with van der Waals surface area (Å²) in [5.41, 5.74) is 8.15. The quantitative estimate of drug-likeness (QED) is 0.623. The summed E-state index contributed by atoms with van der Waals surface area (Å²) in [5.74, 6) is 0.595. The average Bonchev–Trinajstić information content (AvgIpc) is 2.91. The third kappa shape index (κ3) is 2.81. The molecule has 0 aliphatic carbocycles. The molecule has 0 saturated carbocycles. The highest BCUT2D eigenvalue weighted by Crippen LogP contribution is 2.29. The van der Waals surface area contributed by atoms with E-state index in [-0.39, 0.29) is 0 Å². The van der Waals surface area contributed by atoms with Gasteiger partial charge in [0.05, 0.1) is 5.69 Å². The molecule has 2 N–H and O–H groups in total. The lowest BCUT2D eigenvalue weighted by Crippen LogP contribution is -2.01. The van der Waals surface area contributed by atoms with Crippen molar-refractivity contribution in [2.24, 2.45) is 0 Å². The molecule has 5 nitrogen and oxygen atoms in total. The summed E-state index contributed by atoms with van der Waals surface area (Å²) in [6.45, 7) is 0. The Labute approximate surface area is 142 Å². The molecule has 3 aromatic rings. The minimum Gasteiger partial charge on any atom is -0.398 e. The Kier molecular flexibility index (Phi) is 3.97. The van der Waals surface area contributed by atoms with Gasteiger partial charge in [-0.25, -0.2) is 0 Å². The molecule has 0 bridgehead atoms.